The Bertz CT molecular complexity index is 1430. The maximum atomic E-state index is 13.8. The lowest BCUT2D eigenvalue weighted by Gasteiger charge is -2.09. The van der Waals surface area contributed by atoms with Crippen molar-refractivity contribution < 1.29 is 19.2 Å². The van der Waals surface area contributed by atoms with Crippen molar-refractivity contribution in [1.82, 2.24) is 4.57 Å². The first-order valence-corrected chi connectivity index (χ1v) is 10.4. The lowest BCUT2D eigenvalue weighted by atomic mass is 9.97. The van der Waals surface area contributed by atoms with Gasteiger partial charge in [0.05, 0.1) is 16.8 Å². The summed E-state index contributed by atoms with van der Waals surface area (Å²) < 4.78 is 1.83. The average molecular weight is 438 g/mol. The number of oxime groups is 1. The van der Waals surface area contributed by atoms with Crippen LogP contribution in [0.2, 0.25) is 0 Å². The van der Waals surface area contributed by atoms with Gasteiger partial charge in [-0.2, -0.15) is 0 Å². The van der Waals surface area contributed by atoms with E-state index in [0.717, 1.165) is 11.1 Å². The standard InChI is InChI=1S/C27H22N2O4/c1-17-10-4-5-11-20(17)26(28-33-19(3)31)27(32)23-16-29(25-15-9-7-13-22(23)25)24-14-8-6-12-21(24)18(2)30/h4-16H,1-3H3/b28-26+. The smallest absolute Gasteiger partial charge is 0.318 e. The Morgan fingerprint density at radius 1 is 0.788 bits per heavy atom. The number of para-hydroxylation sites is 2. The number of fused-ring (bicyclic) bond motifs is 1. The van der Waals surface area contributed by atoms with Crippen molar-refractivity contribution in [3.05, 3.63) is 101 Å². The van der Waals surface area contributed by atoms with Crippen LogP contribution in [0.5, 0.6) is 0 Å². The van der Waals surface area contributed by atoms with Crippen LogP contribution in [0.1, 0.15) is 45.7 Å². The molecule has 0 radical (unpaired) electrons. The zero-order valence-corrected chi connectivity index (χ0v) is 18.5. The number of carbonyl (C=O) groups excluding carboxylic acids is 3. The van der Waals surface area contributed by atoms with Gasteiger partial charge in [0, 0.05) is 29.6 Å². The molecular weight excluding hydrogens is 416 g/mol. The van der Waals surface area contributed by atoms with E-state index >= 15 is 0 Å². The maximum absolute atomic E-state index is 13.8. The van der Waals surface area contributed by atoms with Gasteiger partial charge >= 0.3 is 5.97 Å². The van der Waals surface area contributed by atoms with E-state index < -0.39 is 5.97 Å². The first-order valence-electron chi connectivity index (χ1n) is 10.4. The van der Waals surface area contributed by atoms with Crippen LogP contribution >= 0.6 is 0 Å². The fourth-order valence-electron chi connectivity index (χ4n) is 3.83. The number of ketones is 2. The van der Waals surface area contributed by atoms with E-state index in [1.807, 2.05) is 60.0 Å². The number of rotatable bonds is 6. The van der Waals surface area contributed by atoms with Crippen molar-refractivity contribution >= 4 is 34.2 Å². The van der Waals surface area contributed by atoms with E-state index in [1.54, 1.807) is 30.5 Å². The third-order valence-corrected chi connectivity index (χ3v) is 5.38. The molecule has 6 heteroatoms. The molecule has 0 bridgehead atoms. The predicted octanol–water partition coefficient (Wildman–Crippen LogP) is 5.29. The molecule has 0 spiro atoms. The van der Waals surface area contributed by atoms with Gasteiger partial charge in [-0.3, -0.25) is 9.59 Å². The van der Waals surface area contributed by atoms with E-state index in [0.29, 0.717) is 27.8 Å². The van der Waals surface area contributed by atoms with Gasteiger partial charge in [-0.05, 0) is 37.6 Å². The zero-order chi connectivity index (χ0) is 23.5. The van der Waals surface area contributed by atoms with Crippen LogP contribution in [0.15, 0.2) is 84.1 Å². The molecule has 0 saturated heterocycles. The Morgan fingerprint density at radius 2 is 1.42 bits per heavy atom. The number of nitrogens with zero attached hydrogens (tertiary/aromatic N) is 2. The summed E-state index contributed by atoms with van der Waals surface area (Å²) in [5.74, 6) is -1.08. The van der Waals surface area contributed by atoms with Crippen molar-refractivity contribution in [2.24, 2.45) is 5.16 Å². The van der Waals surface area contributed by atoms with Crippen molar-refractivity contribution in [2.45, 2.75) is 20.8 Å². The highest BCUT2D eigenvalue weighted by atomic mass is 16.7. The second-order valence-corrected chi connectivity index (χ2v) is 7.67. The molecule has 0 saturated carbocycles. The van der Waals surface area contributed by atoms with Crippen molar-refractivity contribution in [3.8, 4) is 5.69 Å². The van der Waals surface area contributed by atoms with Gasteiger partial charge in [0.25, 0.3) is 0 Å². The second kappa shape index (κ2) is 9.04. The number of carbonyl (C=O) groups is 3. The summed E-state index contributed by atoms with van der Waals surface area (Å²) in [6.45, 7) is 4.60. The molecule has 0 aliphatic rings. The second-order valence-electron chi connectivity index (χ2n) is 7.67. The molecule has 1 heterocycles. The van der Waals surface area contributed by atoms with Crippen LogP contribution in [-0.2, 0) is 9.63 Å². The molecule has 3 aromatic carbocycles. The molecule has 164 valence electrons. The molecule has 33 heavy (non-hydrogen) atoms. The number of benzene rings is 3. The molecular formula is C27H22N2O4. The molecule has 4 rings (SSSR count). The van der Waals surface area contributed by atoms with Gasteiger partial charge in [0.1, 0.15) is 0 Å². The minimum absolute atomic E-state index is 0.0334. The van der Waals surface area contributed by atoms with E-state index in [-0.39, 0.29) is 17.3 Å². The Hall–Kier alpha value is -4.32. The SMILES string of the molecule is CC(=O)O/N=C(/C(=O)c1cn(-c2ccccc2C(C)=O)c2ccccc12)c1ccccc1C. The van der Waals surface area contributed by atoms with Crippen LogP contribution in [0.4, 0.5) is 0 Å². The Labute approximate surface area is 191 Å². The van der Waals surface area contributed by atoms with Crippen molar-refractivity contribution in [3.63, 3.8) is 0 Å². The van der Waals surface area contributed by atoms with E-state index in [2.05, 4.69) is 5.16 Å². The number of aromatic nitrogens is 1. The molecule has 0 amide bonds. The molecule has 0 unspecified atom stereocenters. The van der Waals surface area contributed by atoms with Crippen LogP contribution in [-0.4, -0.2) is 27.8 Å². The van der Waals surface area contributed by atoms with Crippen LogP contribution < -0.4 is 0 Å². The third kappa shape index (κ3) is 4.23. The zero-order valence-electron chi connectivity index (χ0n) is 18.5. The van der Waals surface area contributed by atoms with Gasteiger partial charge in [-0.15, -0.1) is 0 Å². The quantitative estimate of drug-likeness (QED) is 0.177. The van der Waals surface area contributed by atoms with Crippen LogP contribution in [0, 0.1) is 6.92 Å². The predicted molar refractivity (Wildman–Crippen MR) is 127 cm³/mol. The fourth-order valence-corrected chi connectivity index (χ4v) is 3.83. The lowest BCUT2D eigenvalue weighted by molar-refractivity contribution is -0.140. The first-order chi connectivity index (χ1) is 15.9. The average Bonchev–Trinajstić information content (AvgIpc) is 3.19. The maximum Gasteiger partial charge on any atom is 0.332 e. The van der Waals surface area contributed by atoms with Gasteiger partial charge in [-0.1, -0.05) is 59.8 Å². The van der Waals surface area contributed by atoms with Crippen LogP contribution in [0.3, 0.4) is 0 Å². The molecule has 6 nitrogen and oxygen atoms in total. The monoisotopic (exact) mass is 438 g/mol. The Kier molecular flexibility index (Phi) is 6.00. The number of Topliss-reactive ketones (excluding diaryl/α,β-unsaturated/α-hetero) is 2. The van der Waals surface area contributed by atoms with E-state index in [9.17, 15) is 14.4 Å². The normalized spacial score (nSPS) is 11.4. The minimum Gasteiger partial charge on any atom is -0.318 e. The Morgan fingerprint density at radius 3 is 2.12 bits per heavy atom. The number of hydrogen-bond acceptors (Lipinski definition) is 5. The molecule has 0 fully saturated rings. The lowest BCUT2D eigenvalue weighted by Crippen LogP contribution is -2.18. The number of aryl methyl sites for hydroxylation is 1. The van der Waals surface area contributed by atoms with Crippen molar-refractivity contribution in [2.75, 3.05) is 0 Å². The summed E-state index contributed by atoms with van der Waals surface area (Å²) in [6, 6.07) is 22.0. The van der Waals surface area contributed by atoms with Gasteiger partial charge in [0.15, 0.2) is 11.5 Å². The Balaban J connectivity index is 1.94. The third-order valence-electron chi connectivity index (χ3n) is 5.38. The highest BCUT2D eigenvalue weighted by Gasteiger charge is 2.24. The molecule has 4 aromatic rings. The highest BCUT2D eigenvalue weighted by molar-refractivity contribution is 6.53. The summed E-state index contributed by atoms with van der Waals surface area (Å²) >= 11 is 0. The summed E-state index contributed by atoms with van der Waals surface area (Å²) in [5, 5.41) is 4.62. The minimum atomic E-state index is -0.619. The molecule has 1 aromatic heterocycles. The fraction of sp³-hybridized carbons (Fsp3) is 0.111. The van der Waals surface area contributed by atoms with Crippen LogP contribution in [0.25, 0.3) is 16.6 Å². The molecule has 0 aliphatic carbocycles. The molecule has 0 atom stereocenters. The first kappa shape index (κ1) is 21.9. The largest absolute Gasteiger partial charge is 0.332 e. The van der Waals surface area contributed by atoms with E-state index in [4.69, 9.17) is 4.84 Å². The van der Waals surface area contributed by atoms with Gasteiger partial charge in [-0.25, -0.2) is 4.79 Å². The number of hydrogen-bond donors (Lipinski definition) is 0. The summed E-state index contributed by atoms with van der Waals surface area (Å²) in [7, 11) is 0. The van der Waals surface area contributed by atoms with E-state index in [1.165, 1.54) is 13.8 Å². The molecule has 0 N–H and O–H groups in total. The topological polar surface area (TPSA) is 77.7 Å². The summed E-state index contributed by atoms with van der Waals surface area (Å²) in [5.41, 5.74) is 3.81. The molecule has 0 aliphatic heterocycles. The summed E-state index contributed by atoms with van der Waals surface area (Å²) in [4.78, 5) is 42.4. The van der Waals surface area contributed by atoms with Gasteiger partial charge < -0.3 is 9.40 Å². The van der Waals surface area contributed by atoms with Crippen molar-refractivity contribution in [1.29, 1.82) is 0 Å². The highest BCUT2D eigenvalue weighted by Crippen LogP contribution is 2.28. The summed E-state index contributed by atoms with van der Waals surface area (Å²) in [6.07, 6.45) is 1.70. The van der Waals surface area contributed by atoms with Gasteiger partial charge in [0.2, 0.25) is 5.78 Å².